The lowest BCUT2D eigenvalue weighted by Gasteiger charge is -2.24. The first-order valence-corrected chi connectivity index (χ1v) is 10.7. The first-order valence-electron chi connectivity index (χ1n) is 9.52. The van der Waals surface area contributed by atoms with Crippen molar-refractivity contribution < 1.29 is 4.39 Å². The van der Waals surface area contributed by atoms with Gasteiger partial charge in [-0.3, -0.25) is 9.69 Å². The van der Waals surface area contributed by atoms with Gasteiger partial charge in [0.15, 0.2) is 0 Å². The van der Waals surface area contributed by atoms with Gasteiger partial charge >= 0.3 is 0 Å². The summed E-state index contributed by atoms with van der Waals surface area (Å²) in [6.07, 6.45) is 3.08. The highest BCUT2D eigenvalue weighted by Crippen LogP contribution is 2.36. The number of halogens is 2. The first kappa shape index (κ1) is 19.6. The molecule has 2 atom stereocenters. The number of aryl methyl sites for hydroxylation is 1. The molecule has 0 unspecified atom stereocenters. The molecule has 0 radical (unpaired) electrons. The zero-order valence-electron chi connectivity index (χ0n) is 16.2. The number of H-pyrrole nitrogens is 1. The van der Waals surface area contributed by atoms with Crippen molar-refractivity contribution in [3.63, 3.8) is 0 Å². The Kier molecular flexibility index (Phi) is 5.29. The minimum Gasteiger partial charge on any atom is -0.309 e. The third-order valence-electron chi connectivity index (χ3n) is 5.71. The molecule has 28 heavy (non-hydrogen) atoms. The molecule has 3 aromatic rings. The van der Waals surface area contributed by atoms with E-state index in [4.69, 9.17) is 16.6 Å². The molecule has 148 valence electrons. The van der Waals surface area contributed by atoms with Crippen LogP contribution < -0.4 is 5.56 Å². The Labute approximate surface area is 172 Å². The standard InChI is InChI=1S/C21H23ClFN3OS/c1-11-7-8-13-17(9-11)28-21-18(13)20(27)24-19(25-21)12(2)26(3)10-14-15(22)5-4-6-16(14)23/h4-6,11-12H,7-10H2,1-3H3,(H,24,25,27)/t11-,12+/m0/s1. The van der Waals surface area contributed by atoms with Crippen LogP contribution >= 0.6 is 22.9 Å². The largest absolute Gasteiger partial charge is 0.309 e. The number of hydrogen-bond donors (Lipinski definition) is 1. The van der Waals surface area contributed by atoms with Crippen molar-refractivity contribution in [3.05, 3.63) is 61.2 Å². The van der Waals surface area contributed by atoms with Crippen LogP contribution in [-0.2, 0) is 19.4 Å². The van der Waals surface area contributed by atoms with Gasteiger partial charge in [0.2, 0.25) is 0 Å². The number of aromatic amines is 1. The molecule has 0 spiro atoms. The van der Waals surface area contributed by atoms with Gasteiger partial charge in [0.1, 0.15) is 16.5 Å². The molecule has 0 aliphatic heterocycles. The topological polar surface area (TPSA) is 49.0 Å². The first-order chi connectivity index (χ1) is 13.3. The van der Waals surface area contributed by atoms with E-state index in [2.05, 4.69) is 11.9 Å². The number of nitrogens with one attached hydrogen (secondary N) is 1. The van der Waals surface area contributed by atoms with Gasteiger partial charge in [0, 0.05) is 22.0 Å². The molecule has 1 aliphatic carbocycles. The Balaban J connectivity index is 1.66. The van der Waals surface area contributed by atoms with Crippen molar-refractivity contribution in [2.45, 2.75) is 45.7 Å². The zero-order valence-corrected chi connectivity index (χ0v) is 17.8. The number of aromatic nitrogens is 2. The number of rotatable bonds is 4. The summed E-state index contributed by atoms with van der Waals surface area (Å²) in [4.78, 5) is 24.6. The maximum atomic E-state index is 14.1. The lowest BCUT2D eigenvalue weighted by molar-refractivity contribution is 0.241. The van der Waals surface area contributed by atoms with Crippen LogP contribution in [-0.4, -0.2) is 21.9 Å². The molecule has 4 rings (SSSR count). The predicted octanol–water partition coefficient (Wildman–Crippen LogP) is 5.09. The average Bonchev–Trinajstić information content (AvgIpc) is 3.01. The van der Waals surface area contributed by atoms with E-state index in [-0.39, 0.29) is 17.4 Å². The minimum absolute atomic E-state index is 0.0729. The summed E-state index contributed by atoms with van der Waals surface area (Å²) in [5, 5.41) is 1.15. The molecule has 0 saturated carbocycles. The highest BCUT2D eigenvalue weighted by atomic mass is 35.5. The maximum Gasteiger partial charge on any atom is 0.259 e. The van der Waals surface area contributed by atoms with E-state index in [0.29, 0.717) is 28.9 Å². The van der Waals surface area contributed by atoms with Crippen LogP contribution in [0.25, 0.3) is 10.2 Å². The second kappa shape index (κ2) is 7.58. The predicted molar refractivity (Wildman–Crippen MR) is 113 cm³/mol. The molecule has 7 heteroatoms. The summed E-state index contributed by atoms with van der Waals surface area (Å²) in [6, 6.07) is 4.49. The molecule has 1 aliphatic rings. The van der Waals surface area contributed by atoms with Crippen molar-refractivity contribution in [1.82, 2.24) is 14.9 Å². The van der Waals surface area contributed by atoms with E-state index in [1.54, 1.807) is 23.5 Å². The summed E-state index contributed by atoms with van der Waals surface area (Å²) < 4.78 is 14.1. The smallest absolute Gasteiger partial charge is 0.259 e. The van der Waals surface area contributed by atoms with Gasteiger partial charge in [-0.2, -0.15) is 0 Å². The van der Waals surface area contributed by atoms with Gasteiger partial charge in [0.25, 0.3) is 5.56 Å². The third-order valence-corrected chi connectivity index (χ3v) is 7.21. The lowest BCUT2D eigenvalue weighted by Crippen LogP contribution is -2.26. The Hall–Kier alpha value is -1.76. The molecule has 0 saturated heterocycles. The van der Waals surface area contributed by atoms with E-state index < -0.39 is 0 Å². The van der Waals surface area contributed by atoms with E-state index in [1.807, 2.05) is 18.9 Å². The number of benzene rings is 1. The van der Waals surface area contributed by atoms with E-state index >= 15 is 0 Å². The maximum absolute atomic E-state index is 14.1. The Bertz CT molecular complexity index is 1070. The SMILES string of the molecule is C[C@H]1CCc2c(sc3nc([C@@H](C)N(C)Cc4c(F)cccc4Cl)[nH]c(=O)c23)C1. The molecule has 1 aromatic carbocycles. The minimum atomic E-state index is -0.330. The number of nitrogens with zero attached hydrogens (tertiary/aromatic N) is 2. The molecule has 2 heterocycles. The Morgan fingerprint density at radius 3 is 3.00 bits per heavy atom. The van der Waals surface area contributed by atoms with Crippen LogP contribution in [0.5, 0.6) is 0 Å². The summed E-state index contributed by atoms with van der Waals surface area (Å²) in [5.41, 5.74) is 1.55. The molecular weight excluding hydrogens is 397 g/mol. The Morgan fingerprint density at radius 2 is 2.25 bits per heavy atom. The molecule has 0 fully saturated rings. The fraction of sp³-hybridized carbons (Fsp3) is 0.429. The fourth-order valence-corrected chi connectivity index (χ4v) is 5.46. The van der Waals surface area contributed by atoms with Crippen molar-refractivity contribution in [3.8, 4) is 0 Å². The van der Waals surface area contributed by atoms with Crippen LogP contribution in [0.4, 0.5) is 4.39 Å². The quantitative estimate of drug-likeness (QED) is 0.640. The van der Waals surface area contributed by atoms with Crippen LogP contribution in [0.3, 0.4) is 0 Å². The second-order valence-electron chi connectivity index (χ2n) is 7.77. The van der Waals surface area contributed by atoms with Crippen molar-refractivity contribution in [2.24, 2.45) is 5.92 Å². The van der Waals surface area contributed by atoms with Crippen molar-refractivity contribution in [2.75, 3.05) is 7.05 Å². The molecule has 2 aromatic heterocycles. The van der Waals surface area contributed by atoms with Crippen molar-refractivity contribution in [1.29, 1.82) is 0 Å². The fourth-order valence-electron chi connectivity index (χ4n) is 3.84. The molecular formula is C21H23ClFN3OS. The van der Waals surface area contributed by atoms with Crippen molar-refractivity contribution >= 4 is 33.2 Å². The highest BCUT2D eigenvalue weighted by Gasteiger charge is 2.24. The summed E-state index contributed by atoms with van der Waals surface area (Å²) in [7, 11) is 1.87. The third kappa shape index (κ3) is 3.49. The lowest BCUT2D eigenvalue weighted by atomic mass is 9.89. The van der Waals surface area contributed by atoms with Crippen LogP contribution in [0, 0.1) is 11.7 Å². The molecule has 1 N–H and O–H groups in total. The molecule has 0 bridgehead atoms. The van der Waals surface area contributed by atoms with Gasteiger partial charge in [-0.05, 0) is 56.8 Å². The van der Waals surface area contributed by atoms with E-state index in [0.717, 1.165) is 29.5 Å². The zero-order chi connectivity index (χ0) is 20.0. The summed E-state index contributed by atoms with van der Waals surface area (Å²) >= 11 is 7.80. The molecule has 0 amide bonds. The second-order valence-corrected chi connectivity index (χ2v) is 9.27. The van der Waals surface area contributed by atoms with Crippen LogP contribution in [0.15, 0.2) is 23.0 Å². The van der Waals surface area contributed by atoms with Gasteiger partial charge in [-0.15, -0.1) is 11.3 Å². The average molecular weight is 420 g/mol. The van der Waals surface area contributed by atoms with Gasteiger partial charge in [-0.1, -0.05) is 24.6 Å². The summed E-state index contributed by atoms with van der Waals surface area (Å²) in [5.74, 6) is 0.914. The van der Waals surface area contributed by atoms with E-state index in [1.165, 1.54) is 16.5 Å². The summed E-state index contributed by atoms with van der Waals surface area (Å²) in [6.45, 7) is 4.53. The normalized spacial score (nSPS) is 17.9. The van der Waals surface area contributed by atoms with Gasteiger partial charge in [-0.25, -0.2) is 9.37 Å². The number of hydrogen-bond acceptors (Lipinski definition) is 4. The number of thiophene rings is 1. The highest BCUT2D eigenvalue weighted by molar-refractivity contribution is 7.18. The molecule has 4 nitrogen and oxygen atoms in total. The van der Waals surface area contributed by atoms with Crippen LogP contribution in [0.2, 0.25) is 5.02 Å². The Morgan fingerprint density at radius 1 is 1.46 bits per heavy atom. The van der Waals surface area contributed by atoms with Gasteiger partial charge < -0.3 is 4.98 Å². The number of fused-ring (bicyclic) bond motifs is 3. The van der Waals surface area contributed by atoms with Gasteiger partial charge in [0.05, 0.1) is 11.4 Å². The van der Waals surface area contributed by atoms with Crippen LogP contribution in [0.1, 0.15) is 48.1 Å². The van der Waals surface area contributed by atoms with E-state index in [9.17, 15) is 9.18 Å². The monoisotopic (exact) mass is 419 g/mol.